The number of carbonyl (C=O) groups excluding carboxylic acids is 1. The Morgan fingerprint density at radius 3 is 2.78 bits per heavy atom. The number of amides is 1. The largest absolute Gasteiger partial charge is 0.335 e. The Kier molecular flexibility index (Phi) is 3.42. The molecule has 0 unspecified atom stereocenters. The molecule has 1 saturated carbocycles. The van der Waals surface area contributed by atoms with Crippen molar-refractivity contribution in [2.75, 3.05) is 11.9 Å². The van der Waals surface area contributed by atoms with Crippen molar-refractivity contribution in [2.24, 2.45) is 0 Å². The van der Waals surface area contributed by atoms with Gasteiger partial charge in [-0.1, -0.05) is 22.0 Å². The standard InChI is InChI=1S/C15H18BrNO/c16-8-9-17(14-6-7-14)15(18)13-5-4-11-2-1-3-12(11)10-13/h4-5,10,14H,1-3,6-9H2. The van der Waals surface area contributed by atoms with Crippen molar-refractivity contribution in [2.45, 2.75) is 38.1 Å². The summed E-state index contributed by atoms with van der Waals surface area (Å²) in [6.45, 7) is 0.820. The molecule has 1 aromatic carbocycles. The number of benzene rings is 1. The number of nitrogens with zero attached hydrogens (tertiary/aromatic N) is 1. The number of rotatable bonds is 4. The first-order chi connectivity index (χ1) is 8.79. The van der Waals surface area contributed by atoms with Crippen molar-refractivity contribution in [3.8, 4) is 0 Å². The zero-order chi connectivity index (χ0) is 12.5. The predicted molar refractivity (Wildman–Crippen MR) is 76.3 cm³/mol. The first kappa shape index (κ1) is 12.2. The lowest BCUT2D eigenvalue weighted by Gasteiger charge is -2.21. The number of carbonyl (C=O) groups is 1. The van der Waals surface area contributed by atoms with Crippen LogP contribution in [0.2, 0.25) is 0 Å². The third-order valence-electron chi connectivity index (χ3n) is 3.92. The Morgan fingerprint density at radius 1 is 1.28 bits per heavy atom. The number of fused-ring (bicyclic) bond motifs is 1. The van der Waals surface area contributed by atoms with E-state index in [4.69, 9.17) is 0 Å². The van der Waals surface area contributed by atoms with Crippen LogP contribution < -0.4 is 0 Å². The van der Waals surface area contributed by atoms with Gasteiger partial charge in [0.25, 0.3) is 5.91 Å². The van der Waals surface area contributed by atoms with Gasteiger partial charge in [-0.05, 0) is 55.4 Å². The molecule has 0 heterocycles. The Morgan fingerprint density at radius 2 is 2.06 bits per heavy atom. The summed E-state index contributed by atoms with van der Waals surface area (Å²) in [6.07, 6.45) is 5.89. The molecule has 1 aromatic rings. The highest BCUT2D eigenvalue weighted by atomic mass is 79.9. The van der Waals surface area contributed by atoms with Crippen LogP contribution in [0.4, 0.5) is 0 Å². The van der Waals surface area contributed by atoms with Gasteiger partial charge in [-0.2, -0.15) is 0 Å². The van der Waals surface area contributed by atoms with Crippen LogP contribution in [0, 0.1) is 0 Å². The highest BCUT2D eigenvalue weighted by molar-refractivity contribution is 9.09. The summed E-state index contributed by atoms with van der Waals surface area (Å²) in [4.78, 5) is 14.6. The zero-order valence-electron chi connectivity index (χ0n) is 10.5. The maximum Gasteiger partial charge on any atom is 0.254 e. The van der Waals surface area contributed by atoms with Gasteiger partial charge < -0.3 is 4.90 Å². The number of alkyl halides is 1. The van der Waals surface area contributed by atoms with Crippen molar-refractivity contribution in [3.05, 3.63) is 34.9 Å². The monoisotopic (exact) mass is 307 g/mol. The second kappa shape index (κ2) is 5.04. The molecule has 0 N–H and O–H groups in total. The highest BCUT2D eigenvalue weighted by Gasteiger charge is 2.32. The minimum absolute atomic E-state index is 0.214. The van der Waals surface area contributed by atoms with Gasteiger partial charge in [-0.15, -0.1) is 0 Å². The van der Waals surface area contributed by atoms with E-state index in [1.807, 2.05) is 11.0 Å². The molecule has 0 atom stereocenters. The van der Waals surface area contributed by atoms with Gasteiger partial charge in [0.15, 0.2) is 0 Å². The number of hydrogen-bond acceptors (Lipinski definition) is 1. The van der Waals surface area contributed by atoms with Gasteiger partial charge in [0.1, 0.15) is 0 Å². The van der Waals surface area contributed by atoms with E-state index in [1.54, 1.807) is 0 Å². The fraction of sp³-hybridized carbons (Fsp3) is 0.533. The lowest BCUT2D eigenvalue weighted by Crippen LogP contribution is -2.34. The molecule has 3 rings (SSSR count). The van der Waals surface area contributed by atoms with Crippen LogP contribution in [-0.4, -0.2) is 28.7 Å². The molecule has 0 aliphatic heterocycles. The average Bonchev–Trinajstić information content (AvgIpc) is 3.12. The molecule has 1 fully saturated rings. The fourth-order valence-corrected chi connectivity index (χ4v) is 3.18. The molecule has 96 valence electrons. The molecule has 0 bridgehead atoms. The Balaban J connectivity index is 1.82. The lowest BCUT2D eigenvalue weighted by atomic mass is 10.1. The van der Waals surface area contributed by atoms with Crippen molar-refractivity contribution in [3.63, 3.8) is 0 Å². The van der Waals surface area contributed by atoms with Gasteiger partial charge in [0.2, 0.25) is 0 Å². The molecule has 2 aliphatic carbocycles. The Labute approximate surface area is 116 Å². The van der Waals surface area contributed by atoms with Crippen molar-refractivity contribution in [1.29, 1.82) is 0 Å². The molecule has 0 aromatic heterocycles. The minimum atomic E-state index is 0.214. The van der Waals surface area contributed by atoms with Gasteiger partial charge in [0, 0.05) is 23.5 Å². The smallest absolute Gasteiger partial charge is 0.254 e. The van der Waals surface area contributed by atoms with Gasteiger partial charge in [0.05, 0.1) is 0 Å². The summed E-state index contributed by atoms with van der Waals surface area (Å²) < 4.78 is 0. The van der Waals surface area contributed by atoms with Crippen LogP contribution in [0.5, 0.6) is 0 Å². The summed E-state index contributed by atoms with van der Waals surface area (Å²) >= 11 is 3.44. The number of halogens is 1. The van der Waals surface area contributed by atoms with Crippen LogP contribution in [0.3, 0.4) is 0 Å². The van der Waals surface area contributed by atoms with Crippen LogP contribution in [0.1, 0.15) is 40.7 Å². The van der Waals surface area contributed by atoms with Crippen LogP contribution >= 0.6 is 15.9 Å². The molecule has 2 nitrogen and oxygen atoms in total. The lowest BCUT2D eigenvalue weighted by molar-refractivity contribution is 0.0754. The zero-order valence-corrected chi connectivity index (χ0v) is 12.1. The molecule has 0 radical (unpaired) electrons. The van der Waals surface area contributed by atoms with Crippen molar-refractivity contribution < 1.29 is 4.79 Å². The van der Waals surface area contributed by atoms with E-state index < -0.39 is 0 Å². The van der Waals surface area contributed by atoms with E-state index in [-0.39, 0.29) is 5.91 Å². The first-order valence-electron chi connectivity index (χ1n) is 6.78. The summed E-state index contributed by atoms with van der Waals surface area (Å²) in [7, 11) is 0. The molecule has 3 heteroatoms. The van der Waals surface area contributed by atoms with E-state index in [0.717, 1.165) is 23.9 Å². The molecular formula is C15H18BrNO. The van der Waals surface area contributed by atoms with E-state index in [2.05, 4.69) is 28.1 Å². The SMILES string of the molecule is O=C(c1ccc2c(c1)CCC2)N(CCBr)C1CC1. The third-order valence-corrected chi connectivity index (χ3v) is 4.27. The normalized spacial score (nSPS) is 17.6. The molecular weight excluding hydrogens is 290 g/mol. The second-order valence-electron chi connectivity index (χ2n) is 5.26. The molecule has 1 amide bonds. The van der Waals surface area contributed by atoms with Crippen molar-refractivity contribution >= 4 is 21.8 Å². The van der Waals surface area contributed by atoms with E-state index in [0.29, 0.717) is 6.04 Å². The maximum absolute atomic E-state index is 12.5. The molecule has 0 spiro atoms. The number of aryl methyl sites for hydroxylation is 2. The second-order valence-corrected chi connectivity index (χ2v) is 6.05. The summed E-state index contributed by atoms with van der Waals surface area (Å²) in [6, 6.07) is 6.77. The van der Waals surface area contributed by atoms with Crippen LogP contribution in [0.25, 0.3) is 0 Å². The van der Waals surface area contributed by atoms with Crippen LogP contribution in [-0.2, 0) is 12.8 Å². The quantitative estimate of drug-likeness (QED) is 0.782. The van der Waals surface area contributed by atoms with Crippen LogP contribution in [0.15, 0.2) is 18.2 Å². The van der Waals surface area contributed by atoms with E-state index >= 15 is 0 Å². The number of hydrogen-bond donors (Lipinski definition) is 0. The fourth-order valence-electron chi connectivity index (χ4n) is 2.80. The van der Waals surface area contributed by atoms with E-state index in [1.165, 1.54) is 36.8 Å². The van der Waals surface area contributed by atoms with Gasteiger partial charge >= 0.3 is 0 Å². The first-order valence-corrected chi connectivity index (χ1v) is 7.90. The summed E-state index contributed by atoms with van der Waals surface area (Å²) in [5.41, 5.74) is 3.70. The topological polar surface area (TPSA) is 20.3 Å². The minimum Gasteiger partial charge on any atom is -0.335 e. The molecule has 0 saturated heterocycles. The van der Waals surface area contributed by atoms with Crippen molar-refractivity contribution in [1.82, 2.24) is 4.90 Å². The molecule has 18 heavy (non-hydrogen) atoms. The van der Waals surface area contributed by atoms with Gasteiger partial charge in [-0.25, -0.2) is 0 Å². The Bertz CT molecular complexity index is 468. The third kappa shape index (κ3) is 2.33. The average molecular weight is 308 g/mol. The maximum atomic E-state index is 12.5. The summed E-state index contributed by atoms with van der Waals surface area (Å²) in [5, 5.41) is 0.861. The Hall–Kier alpha value is -0.830. The predicted octanol–water partition coefficient (Wildman–Crippen LogP) is 3.17. The van der Waals surface area contributed by atoms with E-state index in [9.17, 15) is 4.79 Å². The summed E-state index contributed by atoms with van der Waals surface area (Å²) in [5.74, 6) is 0.214. The highest BCUT2D eigenvalue weighted by Crippen LogP contribution is 2.29. The van der Waals surface area contributed by atoms with Gasteiger partial charge in [-0.3, -0.25) is 4.79 Å². The molecule has 2 aliphatic rings.